The molecule has 0 spiro atoms. The smallest absolute Gasteiger partial charge is 0.288 e. The summed E-state index contributed by atoms with van der Waals surface area (Å²) in [6, 6.07) is 11.7. The van der Waals surface area contributed by atoms with Crippen LogP contribution in [0.3, 0.4) is 0 Å². The lowest BCUT2D eigenvalue weighted by molar-refractivity contribution is -0.384. The molecule has 32 heavy (non-hydrogen) atoms. The lowest BCUT2D eigenvalue weighted by atomic mass is 10.2. The van der Waals surface area contributed by atoms with Crippen molar-refractivity contribution in [1.29, 1.82) is 0 Å². The van der Waals surface area contributed by atoms with Gasteiger partial charge in [-0.05, 0) is 37.3 Å². The van der Waals surface area contributed by atoms with Crippen LogP contribution in [0.25, 0.3) is 11.4 Å². The van der Waals surface area contributed by atoms with Crippen molar-refractivity contribution in [1.82, 2.24) is 20.2 Å². The van der Waals surface area contributed by atoms with Gasteiger partial charge in [0.1, 0.15) is 10.8 Å². The average molecular weight is 475 g/mol. The molecule has 0 saturated carbocycles. The fourth-order valence-electron chi connectivity index (χ4n) is 2.73. The van der Waals surface area contributed by atoms with E-state index in [0.29, 0.717) is 23.1 Å². The van der Waals surface area contributed by atoms with Crippen molar-refractivity contribution in [3.8, 4) is 17.1 Å². The number of hydrazone groups is 1. The van der Waals surface area contributed by atoms with Crippen LogP contribution in [0.4, 0.5) is 5.69 Å². The Bertz CT molecular complexity index is 1150. The highest BCUT2D eigenvalue weighted by Gasteiger charge is 2.15. The SMILES string of the molecule is CCn1c(SCC(=O)N/N=C/c2ccc(Cl)c([N+](=O)[O-])c2)nnc1-c1ccc(OC)cc1. The first kappa shape index (κ1) is 23.2. The van der Waals surface area contributed by atoms with E-state index < -0.39 is 4.92 Å². The van der Waals surface area contributed by atoms with Crippen LogP contribution in [0.2, 0.25) is 5.02 Å². The molecule has 3 rings (SSSR count). The van der Waals surface area contributed by atoms with Gasteiger partial charge in [0.05, 0.1) is 24.0 Å². The highest BCUT2D eigenvalue weighted by Crippen LogP contribution is 2.26. The third kappa shape index (κ3) is 5.62. The van der Waals surface area contributed by atoms with Gasteiger partial charge in [-0.25, -0.2) is 5.43 Å². The van der Waals surface area contributed by atoms with Gasteiger partial charge < -0.3 is 9.30 Å². The van der Waals surface area contributed by atoms with Crippen molar-refractivity contribution < 1.29 is 14.5 Å². The zero-order valence-electron chi connectivity index (χ0n) is 17.2. The van der Waals surface area contributed by atoms with Crippen LogP contribution in [0.1, 0.15) is 12.5 Å². The highest BCUT2D eigenvalue weighted by molar-refractivity contribution is 7.99. The van der Waals surface area contributed by atoms with Crippen molar-refractivity contribution in [3.05, 3.63) is 63.2 Å². The number of rotatable bonds is 9. The molecule has 12 heteroatoms. The van der Waals surface area contributed by atoms with Crippen molar-refractivity contribution in [2.45, 2.75) is 18.6 Å². The van der Waals surface area contributed by atoms with Crippen LogP contribution >= 0.6 is 23.4 Å². The first-order chi connectivity index (χ1) is 15.4. The van der Waals surface area contributed by atoms with Gasteiger partial charge in [0.15, 0.2) is 11.0 Å². The second-order valence-corrected chi connectivity index (χ2v) is 7.68. The molecule has 0 atom stereocenters. The lowest BCUT2D eigenvalue weighted by Gasteiger charge is -2.07. The van der Waals surface area contributed by atoms with E-state index >= 15 is 0 Å². The third-order valence-electron chi connectivity index (χ3n) is 4.28. The molecule has 0 fully saturated rings. The van der Waals surface area contributed by atoms with E-state index in [-0.39, 0.29) is 22.4 Å². The molecule has 0 radical (unpaired) electrons. The number of carbonyl (C=O) groups excluding carboxylic acids is 1. The minimum absolute atomic E-state index is 0.0293. The summed E-state index contributed by atoms with van der Waals surface area (Å²) in [6.45, 7) is 2.60. The van der Waals surface area contributed by atoms with Gasteiger partial charge in [-0.15, -0.1) is 10.2 Å². The quantitative estimate of drug-likeness (QED) is 0.216. The summed E-state index contributed by atoms with van der Waals surface area (Å²) in [5.74, 6) is 1.15. The van der Waals surface area contributed by atoms with E-state index in [9.17, 15) is 14.9 Å². The van der Waals surface area contributed by atoms with Crippen LogP contribution in [-0.4, -0.2) is 44.7 Å². The van der Waals surface area contributed by atoms with Gasteiger partial charge in [-0.3, -0.25) is 14.9 Å². The van der Waals surface area contributed by atoms with E-state index in [2.05, 4.69) is 20.7 Å². The number of nitro benzene ring substituents is 1. The van der Waals surface area contributed by atoms with Crippen LogP contribution in [0, 0.1) is 10.1 Å². The predicted octanol–water partition coefficient (Wildman–Crippen LogP) is 3.78. The molecule has 166 valence electrons. The number of nitrogens with zero attached hydrogens (tertiary/aromatic N) is 5. The van der Waals surface area contributed by atoms with Crippen LogP contribution < -0.4 is 10.2 Å². The summed E-state index contributed by atoms with van der Waals surface area (Å²) in [5, 5.41) is 23.8. The maximum Gasteiger partial charge on any atom is 0.288 e. The number of carbonyl (C=O) groups is 1. The molecule has 1 N–H and O–H groups in total. The normalized spacial score (nSPS) is 11.0. The number of amides is 1. The fraction of sp³-hybridized carbons (Fsp3) is 0.200. The zero-order valence-corrected chi connectivity index (χ0v) is 18.8. The summed E-state index contributed by atoms with van der Waals surface area (Å²) in [5.41, 5.74) is 3.48. The molecule has 10 nitrogen and oxygen atoms in total. The Labute approximate surface area is 192 Å². The van der Waals surface area contributed by atoms with Crippen LogP contribution in [0.5, 0.6) is 5.75 Å². The van der Waals surface area contributed by atoms with Gasteiger partial charge in [0.25, 0.3) is 11.6 Å². The highest BCUT2D eigenvalue weighted by atomic mass is 35.5. The lowest BCUT2D eigenvalue weighted by Crippen LogP contribution is -2.20. The van der Waals surface area contributed by atoms with E-state index in [0.717, 1.165) is 11.3 Å². The largest absolute Gasteiger partial charge is 0.497 e. The zero-order chi connectivity index (χ0) is 23.1. The second kappa shape index (κ2) is 10.7. The third-order valence-corrected chi connectivity index (χ3v) is 5.57. The summed E-state index contributed by atoms with van der Waals surface area (Å²) in [7, 11) is 1.60. The standard InChI is InChI=1S/C20H19ClN6O4S/c1-3-26-19(14-5-7-15(31-2)8-6-14)24-25-20(26)32-12-18(28)23-22-11-13-4-9-16(21)17(10-13)27(29)30/h4-11H,3,12H2,1-2H3,(H,23,28)/b22-11+. The molecule has 1 heterocycles. The molecule has 3 aromatic rings. The Balaban J connectivity index is 1.60. The number of hydrogen-bond acceptors (Lipinski definition) is 8. The Kier molecular flexibility index (Phi) is 7.79. The van der Waals surface area contributed by atoms with Crippen molar-refractivity contribution >= 4 is 41.2 Å². The van der Waals surface area contributed by atoms with E-state index in [4.69, 9.17) is 16.3 Å². The summed E-state index contributed by atoms with van der Waals surface area (Å²) in [6.07, 6.45) is 1.31. The first-order valence-electron chi connectivity index (χ1n) is 9.39. The summed E-state index contributed by atoms with van der Waals surface area (Å²) < 4.78 is 7.09. The molecule has 1 amide bonds. The maximum absolute atomic E-state index is 12.1. The first-order valence-corrected chi connectivity index (χ1v) is 10.8. The Morgan fingerprint density at radius 3 is 2.72 bits per heavy atom. The summed E-state index contributed by atoms with van der Waals surface area (Å²) in [4.78, 5) is 22.5. The number of methoxy groups -OCH3 is 1. The Morgan fingerprint density at radius 2 is 2.06 bits per heavy atom. The van der Waals surface area contributed by atoms with Gasteiger partial charge in [0.2, 0.25) is 0 Å². The molecule has 1 aromatic heterocycles. The van der Waals surface area contributed by atoms with Gasteiger partial charge in [0, 0.05) is 23.7 Å². The number of aromatic nitrogens is 3. The minimum atomic E-state index is -0.584. The van der Waals surface area contributed by atoms with Gasteiger partial charge in [-0.2, -0.15) is 5.10 Å². The Hall–Kier alpha value is -3.44. The number of thioether (sulfide) groups is 1. The fourth-order valence-corrected chi connectivity index (χ4v) is 3.71. The molecule has 2 aromatic carbocycles. The van der Waals surface area contributed by atoms with E-state index in [1.54, 1.807) is 13.2 Å². The van der Waals surface area contributed by atoms with Crippen molar-refractivity contribution in [3.63, 3.8) is 0 Å². The second-order valence-electron chi connectivity index (χ2n) is 6.33. The van der Waals surface area contributed by atoms with E-state index in [1.165, 1.54) is 30.1 Å². The molecular formula is C20H19ClN6O4S. The molecule has 0 saturated heterocycles. The van der Waals surface area contributed by atoms with Crippen molar-refractivity contribution in [2.24, 2.45) is 5.10 Å². The molecule has 0 aliphatic heterocycles. The molecule has 0 bridgehead atoms. The number of hydrogen-bond donors (Lipinski definition) is 1. The molecular weight excluding hydrogens is 456 g/mol. The monoisotopic (exact) mass is 474 g/mol. The topological polar surface area (TPSA) is 125 Å². The van der Waals surface area contributed by atoms with Gasteiger partial charge in [-0.1, -0.05) is 29.4 Å². The number of ether oxygens (including phenoxy) is 1. The molecule has 0 aliphatic rings. The number of nitro groups is 1. The van der Waals surface area contributed by atoms with Gasteiger partial charge >= 0.3 is 0 Å². The number of benzene rings is 2. The maximum atomic E-state index is 12.1. The number of halogens is 1. The molecule has 0 unspecified atom stereocenters. The summed E-state index contributed by atoms with van der Waals surface area (Å²) >= 11 is 7.01. The van der Waals surface area contributed by atoms with E-state index in [1.807, 2.05) is 35.8 Å². The van der Waals surface area contributed by atoms with Crippen molar-refractivity contribution in [2.75, 3.05) is 12.9 Å². The molecule has 0 aliphatic carbocycles. The minimum Gasteiger partial charge on any atom is -0.497 e. The van der Waals surface area contributed by atoms with Crippen LogP contribution in [-0.2, 0) is 11.3 Å². The average Bonchev–Trinajstić information content (AvgIpc) is 3.21. The number of nitrogens with one attached hydrogen (secondary N) is 1. The van der Waals surface area contributed by atoms with Crippen LogP contribution in [0.15, 0.2) is 52.7 Å². The Morgan fingerprint density at radius 1 is 1.31 bits per heavy atom. The predicted molar refractivity (Wildman–Crippen MR) is 122 cm³/mol.